The number of nitrogens with two attached hydrogens (primary N) is 1. The molecule has 1 rings (SSSR count). The van der Waals surface area contributed by atoms with E-state index in [-0.39, 0.29) is 56.4 Å². The molecule has 34 heavy (non-hydrogen) atoms. The lowest BCUT2D eigenvalue weighted by Gasteiger charge is -2.19. The van der Waals surface area contributed by atoms with Gasteiger partial charge in [-0.3, -0.25) is 19.2 Å². The molecule has 0 fully saturated rings. The van der Waals surface area contributed by atoms with Crippen molar-refractivity contribution in [1.29, 1.82) is 0 Å². The van der Waals surface area contributed by atoms with Gasteiger partial charge in [0.05, 0.1) is 13.2 Å². The number of esters is 4. The second-order valence-corrected chi connectivity index (χ2v) is 6.94. The van der Waals surface area contributed by atoms with Gasteiger partial charge in [-0.05, 0) is 38.0 Å². The Hall–Kier alpha value is -3.18. The molecule has 0 aliphatic carbocycles. The van der Waals surface area contributed by atoms with Gasteiger partial charge in [-0.15, -0.1) is 12.4 Å². The Bertz CT molecular complexity index is 876. The summed E-state index contributed by atoms with van der Waals surface area (Å²) in [4.78, 5) is 59.0. The Balaban J connectivity index is 0.0000109. The van der Waals surface area contributed by atoms with Gasteiger partial charge in [0.2, 0.25) is 5.91 Å². The molecule has 0 bridgehead atoms. The van der Waals surface area contributed by atoms with Crippen molar-refractivity contribution in [2.24, 2.45) is 5.73 Å². The predicted molar refractivity (Wildman–Crippen MR) is 122 cm³/mol. The first kappa shape index (κ1) is 30.8. The number of halogens is 1. The molecule has 12 heteroatoms. The largest absolute Gasteiger partial charge is 0.465 e. The van der Waals surface area contributed by atoms with E-state index in [4.69, 9.17) is 24.7 Å². The van der Waals surface area contributed by atoms with Crippen molar-refractivity contribution >= 4 is 42.2 Å². The number of hydrogen-bond acceptors (Lipinski definition) is 10. The molecule has 1 aromatic carbocycles. The minimum Gasteiger partial charge on any atom is -0.465 e. The lowest BCUT2D eigenvalue weighted by Crippen LogP contribution is -2.44. The second kappa shape index (κ2) is 15.6. The topological polar surface area (TPSA) is 160 Å². The molecule has 1 amide bonds. The fourth-order valence-corrected chi connectivity index (χ4v) is 2.75. The van der Waals surface area contributed by atoms with Gasteiger partial charge < -0.3 is 30.0 Å². The molecular weight excluding hydrogens is 472 g/mol. The van der Waals surface area contributed by atoms with Crippen LogP contribution >= 0.6 is 12.4 Å². The van der Waals surface area contributed by atoms with Crippen molar-refractivity contribution in [1.82, 2.24) is 5.32 Å². The Kier molecular flexibility index (Phi) is 14.2. The maximum Gasteiger partial charge on any atom is 0.328 e. The van der Waals surface area contributed by atoms with Crippen LogP contribution < -0.4 is 20.5 Å². The summed E-state index contributed by atoms with van der Waals surface area (Å²) in [6, 6.07) is 2.38. The molecule has 1 aromatic rings. The van der Waals surface area contributed by atoms with Crippen LogP contribution in [-0.4, -0.2) is 55.1 Å². The van der Waals surface area contributed by atoms with Crippen LogP contribution in [0.5, 0.6) is 11.5 Å². The average Bonchev–Trinajstić information content (AvgIpc) is 2.73. The molecule has 0 unspecified atom stereocenters. The van der Waals surface area contributed by atoms with E-state index in [1.165, 1.54) is 26.0 Å². The maximum atomic E-state index is 12.4. The van der Waals surface area contributed by atoms with Crippen LogP contribution in [0.1, 0.15) is 46.1 Å². The van der Waals surface area contributed by atoms with Gasteiger partial charge >= 0.3 is 23.9 Å². The maximum absolute atomic E-state index is 12.4. The molecule has 2 atom stereocenters. The first-order chi connectivity index (χ1) is 15.6. The van der Waals surface area contributed by atoms with E-state index in [1.807, 2.05) is 0 Å². The van der Waals surface area contributed by atoms with E-state index in [1.54, 1.807) is 19.9 Å². The molecule has 3 N–H and O–H groups in total. The highest BCUT2D eigenvalue weighted by Crippen LogP contribution is 2.29. The van der Waals surface area contributed by atoms with Gasteiger partial charge in [0, 0.05) is 26.7 Å². The molecular formula is C22H31ClN2O9. The second-order valence-electron chi connectivity index (χ2n) is 6.94. The molecule has 11 nitrogen and oxygen atoms in total. The summed E-state index contributed by atoms with van der Waals surface area (Å²) in [6.07, 6.45) is -0.0724. The van der Waals surface area contributed by atoms with Gasteiger partial charge in [0.15, 0.2) is 11.5 Å². The molecule has 0 radical (unpaired) electrons. The quantitative estimate of drug-likeness (QED) is 0.314. The zero-order chi connectivity index (χ0) is 25.0. The number of nitrogens with one attached hydrogen (secondary N) is 1. The molecule has 0 spiro atoms. The van der Waals surface area contributed by atoms with Crippen molar-refractivity contribution in [3.8, 4) is 11.5 Å². The minimum atomic E-state index is -1.05. The molecule has 0 saturated carbocycles. The van der Waals surface area contributed by atoms with Gasteiger partial charge in [0.25, 0.3) is 0 Å². The third-order valence-corrected chi connectivity index (χ3v) is 4.13. The standard InChI is InChI=1S/C22H30N2O9.ClH/c1-5-30-21(28)16(23)8-10-20(27)24-17(22(29)31-6-2)11-15-7-9-18(32-13(3)25)19(12-15)33-14(4)26;/h7,9,12,16-17H,5-6,8,10-11,23H2,1-4H3,(H,24,27);1H/t16-,17-;/m0./s1. The SMILES string of the molecule is CCOC(=O)[C@H](Cc1ccc(OC(C)=O)c(OC(C)=O)c1)NC(=O)CC[C@H](N)C(=O)OCC.Cl. The Morgan fingerprint density at radius 2 is 1.47 bits per heavy atom. The first-order valence-electron chi connectivity index (χ1n) is 10.4. The number of carbonyl (C=O) groups excluding carboxylic acids is 5. The Morgan fingerprint density at radius 3 is 2.03 bits per heavy atom. The van der Waals surface area contributed by atoms with E-state index >= 15 is 0 Å². The number of carbonyl (C=O) groups is 5. The lowest BCUT2D eigenvalue weighted by atomic mass is 10.0. The van der Waals surface area contributed by atoms with E-state index in [0.717, 1.165) is 0 Å². The number of hydrogen-bond donors (Lipinski definition) is 2. The number of ether oxygens (including phenoxy) is 4. The van der Waals surface area contributed by atoms with Crippen LogP contribution in [0.4, 0.5) is 0 Å². The fourth-order valence-electron chi connectivity index (χ4n) is 2.75. The van der Waals surface area contributed by atoms with Crippen molar-refractivity contribution in [3.63, 3.8) is 0 Å². The van der Waals surface area contributed by atoms with Crippen LogP contribution in [0.25, 0.3) is 0 Å². The smallest absolute Gasteiger partial charge is 0.328 e. The fraction of sp³-hybridized carbons (Fsp3) is 0.500. The van der Waals surface area contributed by atoms with Crippen molar-refractivity contribution < 1.29 is 42.9 Å². The lowest BCUT2D eigenvalue weighted by molar-refractivity contribution is -0.148. The number of amides is 1. The summed E-state index contributed by atoms with van der Waals surface area (Å²) < 4.78 is 19.9. The summed E-state index contributed by atoms with van der Waals surface area (Å²) in [6.45, 7) is 5.94. The number of rotatable bonds is 12. The summed E-state index contributed by atoms with van der Waals surface area (Å²) in [5.41, 5.74) is 6.20. The third kappa shape index (κ3) is 11.1. The summed E-state index contributed by atoms with van der Waals surface area (Å²) in [7, 11) is 0. The minimum absolute atomic E-state index is 0. The highest BCUT2D eigenvalue weighted by Gasteiger charge is 2.24. The summed E-state index contributed by atoms with van der Waals surface area (Å²) >= 11 is 0. The first-order valence-corrected chi connectivity index (χ1v) is 10.4. The molecule has 190 valence electrons. The van der Waals surface area contributed by atoms with Crippen LogP contribution in [0.3, 0.4) is 0 Å². The Labute approximate surface area is 204 Å². The third-order valence-electron chi connectivity index (χ3n) is 4.13. The van der Waals surface area contributed by atoms with E-state index in [9.17, 15) is 24.0 Å². The van der Waals surface area contributed by atoms with E-state index in [0.29, 0.717) is 5.56 Å². The highest BCUT2D eigenvalue weighted by atomic mass is 35.5. The van der Waals surface area contributed by atoms with Crippen LogP contribution in [0, 0.1) is 0 Å². The predicted octanol–water partition coefficient (Wildman–Crippen LogP) is 1.22. The van der Waals surface area contributed by atoms with Crippen LogP contribution in [0.15, 0.2) is 18.2 Å². The van der Waals surface area contributed by atoms with Crippen molar-refractivity contribution in [2.45, 2.75) is 59.0 Å². The van der Waals surface area contributed by atoms with Crippen molar-refractivity contribution in [3.05, 3.63) is 23.8 Å². The van der Waals surface area contributed by atoms with Gasteiger partial charge in [-0.25, -0.2) is 4.79 Å². The molecule has 0 aliphatic rings. The van der Waals surface area contributed by atoms with Gasteiger partial charge in [-0.2, -0.15) is 0 Å². The molecule has 0 heterocycles. The Morgan fingerprint density at radius 1 is 0.912 bits per heavy atom. The monoisotopic (exact) mass is 502 g/mol. The van der Waals surface area contributed by atoms with E-state index in [2.05, 4.69) is 5.32 Å². The van der Waals surface area contributed by atoms with Crippen LogP contribution in [0.2, 0.25) is 0 Å². The number of benzene rings is 1. The normalized spacial score (nSPS) is 11.8. The zero-order valence-electron chi connectivity index (χ0n) is 19.6. The average molecular weight is 503 g/mol. The molecule has 0 aliphatic heterocycles. The zero-order valence-corrected chi connectivity index (χ0v) is 20.4. The summed E-state index contributed by atoms with van der Waals surface area (Å²) in [5.74, 6) is -3.00. The van der Waals surface area contributed by atoms with Gasteiger partial charge in [-0.1, -0.05) is 6.07 Å². The molecule has 0 aromatic heterocycles. The summed E-state index contributed by atoms with van der Waals surface area (Å²) in [5, 5.41) is 2.57. The van der Waals surface area contributed by atoms with Crippen molar-refractivity contribution in [2.75, 3.05) is 13.2 Å². The van der Waals surface area contributed by atoms with Crippen LogP contribution in [-0.2, 0) is 39.9 Å². The van der Waals surface area contributed by atoms with E-state index < -0.39 is 41.9 Å². The highest BCUT2D eigenvalue weighted by molar-refractivity contribution is 5.86. The van der Waals surface area contributed by atoms with Gasteiger partial charge in [0.1, 0.15) is 12.1 Å². The molecule has 0 saturated heterocycles.